The van der Waals surface area contributed by atoms with Crippen LogP contribution in [-0.4, -0.2) is 16.8 Å². The summed E-state index contributed by atoms with van der Waals surface area (Å²) in [5.41, 5.74) is 1.68. The summed E-state index contributed by atoms with van der Waals surface area (Å²) in [5, 5.41) is 11.8. The number of aromatic hydroxyl groups is 1. The molecule has 0 atom stereocenters. The minimum atomic E-state index is -0.155. The zero-order valence-corrected chi connectivity index (χ0v) is 10.4. The van der Waals surface area contributed by atoms with Gasteiger partial charge in [-0.3, -0.25) is 9.59 Å². The van der Waals surface area contributed by atoms with Crippen molar-refractivity contribution in [2.75, 3.05) is 5.32 Å². The summed E-state index contributed by atoms with van der Waals surface area (Å²) in [6.07, 6.45) is 0. The highest BCUT2D eigenvalue weighted by Crippen LogP contribution is 2.16. The molecule has 2 N–H and O–H groups in total. The van der Waals surface area contributed by atoms with Crippen molar-refractivity contribution in [2.45, 2.75) is 6.92 Å². The average molecular weight is 255 g/mol. The van der Waals surface area contributed by atoms with Crippen molar-refractivity contribution in [3.63, 3.8) is 0 Å². The van der Waals surface area contributed by atoms with Crippen LogP contribution in [0.1, 0.15) is 22.8 Å². The number of phenols is 1. The first-order chi connectivity index (χ1) is 9.06. The molecule has 1 amide bonds. The summed E-state index contributed by atoms with van der Waals surface area (Å²) in [6.45, 7) is 1.43. The number of rotatable bonds is 3. The Balaban J connectivity index is 2.20. The highest BCUT2D eigenvalue weighted by molar-refractivity contribution is 6.09. The molecule has 2 aromatic carbocycles. The van der Waals surface area contributed by atoms with Gasteiger partial charge < -0.3 is 10.4 Å². The molecule has 96 valence electrons. The molecule has 0 bridgehead atoms. The van der Waals surface area contributed by atoms with E-state index in [-0.39, 0.29) is 17.4 Å². The molecule has 2 rings (SSSR count). The maximum Gasteiger partial charge on any atom is 0.221 e. The van der Waals surface area contributed by atoms with Crippen LogP contribution in [0.5, 0.6) is 5.75 Å². The van der Waals surface area contributed by atoms with Crippen LogP contribution in [-0.2, 0) is 4.79 Å². The number of carbonyl (C=O) groups is 2. The predicted octanol–water partition coefficient (Wildman–Crippen LogP) is 2.58. The van der Waals surface area contributed by atoms with Crippen LogP contribution in [0.3, 0.4) is 0 Å². The lowest BCUT2D eigenvalue weighted by Crippen LogP contribution is -2.06. The van der Waals surface area contributed by atoms with Crippen molar-refractivity contribution in [3.8, 4) is 5.75 Å². The number of carbonyl (C=O) groups excluding carboxylic acids is 2. The lowest BCUT2D eigenvalue weighted by atomic mass is 10.0. The van der Waals surface area contributed by atoms with Gasteiger partial charge in [-0.25, -0.2) is 0 Å². The molecule has 0 fully saturated rings. The second-order valence-corrected chi connectivity index (χ2v) is 4.13. The lowest BCUT2D eigenvalue weighted by molar-refractivity contribution is -0.114. The van der Waals surface area contributed by atoms with E-state index in [0.717, 1.165) is 0 Å². The maximum atomic E-state index is 12.1. The van der Waals surface area contributed by atoms with E-state index >= 15 is 0 Å². The fraction of sp³-hybridized carbons (Fsp3) is 0.0667. The van der Waals surface area contributed by atoms with Gasteiger partial charge in [-0.2, -0.15) is 0 Å². The summed E-state index contributed by atoms with van der Waals surface area (Å²) < 4.78 is 0. The minimum Gasteiger partial charge on any atom is -0.508 e. The van der Waals surface area contributed by atoms with Gasteiger partial charge in [-0.15, -0.1) is 0 Å². The normalized spacial score (nSPS) is 9.95. The summed E-state index contributed by atoms with van der Waals surface area (Å²) in [6, 6.07) is 12.7. The zero-order valence-electron chi connectivity index (χ0n) is 10.4. The number of phenolic OH excluding ortho intramolecular Hbond substituents is 1. The molecule has 0 spiro atoms. The van der Waals surface area contributed by atoms with E-state index in [9.17, 15) is 14.7 Å². The number of hydrogen-bond donors (Lipinski definition) is 2. The van der Waals surface area contributed by atoms with Gasteiger partial charge in [-0.1, -0.05) is 0 Å². The van der Waals surface area contributed by atoms with Crippen molar-refractivity contribution in [2.24, 2.45) is 0 Å². The number of benzene rings is 2. The van der Waals surface area contributed by atoms with E-state index in [2.05, 4.69) is 5.32 Å². The van der Waals surface area contributed by atoms with Crippen LogP contribution >= 0.6 is 0 Å². The molecule has 0 aliphatic carbocycles. The highest BCUT2D eigenvalue weighted by Gasteiger charge is 2.08. The molecule has 0 saturated heterocycles. The van der Waals surface area contributed by atoms with Gasteiger partial charge in [0.25, 0.3) is 0 Å². The topological polar surface area (TPSA) is 66.4 Å². The van der Waals surface area contributed by atoms with Gasteiger partial charge in [-0.05, 0) is 48.5 Å². The SMILES string of the molecule is CC(=O)Nc1ccc(C(=O)c2ccc(O)cc2)cc1. The fourth-order valence-corrected chi connectivity index (χ4v) is 1.69. The van der Waals surface area contributed by atoms with Gasteiger partial charge in [0.2, 0.25) is 5.91 Å². The number of amides is 1. The Hall–Kier alpha value is -2.62. The first kappa shape index (κ1) is 12.8. The van der Waals surface area contributed by atoms with E-state index in [0.29, 0.717) is 16.8 Å². The number of hydrogen-bond acceptors (Lipinski definition) is 3. The fourth-order valence-electron chi connectivity index (χ4n) is 1.69. The third-order valence-corrected chi connectivity index (χ3v) is 2.60. The molecular weight excluding hydrogens is 242 g/mol. The first-order valence-electron chi connectivity index (χ1n) is 5.77. The van der Waals surface area contributed by atoms with Crippen molar-refractivity contribution < 1.29 is 14.7 Å². The van der Waals surface area contributed by atoms with Gasteiger partial charge >= 0.3 is 0 Å². The standard InChI is InChI=1S/C15H13NO3/c1-10(17)16-13-6-2-11(3-7-13)15(19)12-4-8-14(18)9-5-12/h2-9,18H,1H3,(H,16,17). The Morgan fingerprint density at radius 1 is 0.895 bits per heavy atom. The van der Waals surface area contributed by atoms with Gasteiger partial charge in [0.15, 0.2) is 5.78 Å². The molecule has 2 aromatic rings. The van der Waals surface area contributed by atoms with Gasteiger partial charge in [0.05, 0.1) is 0 Å². The minimum absolute atomic E-state index is 0.123. The van der Waals surface area contributed by atoms with E-state index < -0.39 is 0 Å². The van der Waals surface area contributed by atoms with Crippen LogP contribution in [0.2, 0.25) is 0 Å². The van der Waals surface area contributed by atoms with E-state index in [1.54, 1.807) is 36.4 Å². The second-order valence-electron chi connectivity index (χ2n) is 4.13. The van der Waals surface area contributed by atoms with E-state index in [1.807, 2.05) is 0 Å². The van der Waals surface area contributed by atoms with E-state index in [1.165, 1.54) is 19.1 Å². The molecule has 4 heteroatoms. The quantitative estimate of drug-likeness (QED) is 0.828. The van der Waals surface area contributed by atoms with Crippen molar-refractivity contribution in [3.05, 3.63) is 59.7 Å². The predicted molar refractivity (Wildman–Crippen MR) is 72.3 cm³/mol. The smallest absolute Gasteiger partial charge is 0.221 e. The summed E-state index contributed by atoms with van der Waals surface area (Å²) >= 11 is 0. The van der Waals surface area contributed by atoms with Crippen LogP contribution in [0.25, 0.3) is 0 Å². The summed E-state index contributed by atoms with van der Waals surface area (Å²) in [7, 11) is 0. The summed E-state index contributed by atoms with van der Waals surface area (Å²) in [4.78, 5) is 23.0. The molecule has 0 heterocycles. The molecule has 19 heavy (non-hydrogen) atoms. The molecule has 0 radical (unpaired) electrons. The number of anilines is 1. The second kappa shape index (κ2) is 5.35. The number of nitrogens with one attached hydrogen (secondary N) is 1. The van der Waals surface area contributed by atoms with Crippen LogP contribution in [0.15, 0.2) is 48.5 Å². The van der Waals surface area contributed by atoms with Crippen LogP contribution in [0, 0.1) is 0 Å². The van der Waals surface area contributed by atoms with Crippen LogP contribution in [0.4, 0.5) is 5.69 Å². The molecule has 0 saturated carbocycles. The highest BCUT2D eigenvalue weighted by atomic mass is 16.3. The van der Waals surface area contributed by atoms with Crippen LogP contribution < -0.4 is 5.32 Å². The van der Waals surface area contributed by atoms with Gasteiger partial charge in [0, 0.05) is 23.7 Å². The molecular formula is C15H13NO3. The Morgan fingerprint density at radius 2 is 1.37 bits per heavy atom. The Kier molecular flexibility index (Phi) is 3.61. The first-order valence-corrected chi connectivity index (χ1v) is 5.77. The molecule has 0 aromatic heterocycles. The molecule has 0 unspecified atom stereocenters. The van der Waals surface area contributed by atoms with Crippen molar-refractivity contribution in [1.82, 2.24) is 0 Å². The molecule has 0 aliphatic rings. The van der Waals surface area contributed by atoms with Gasteiger partial charge in [0.1, 0.15) is 5.75 Å². The molecule has 0 aliphatic heterocycles. The summed E-state index contributed by atoms with van der Waals surface area (Å²) in [5.74, 6) is -0.162. The Morgan fingerprint density at radius 3 is 1.84 bits per heavy atom. The molecule has 4 nitrogen and oxygen atoms in total. The Labute approximate surface area is 110 Å². The average Bonchev–Trinajstić information content (AvgIpc) is 2.39. The van der Waals surface area contributed by atoms with Crippen molar-refractivity contribution >= 4 is 17.4 Å². The largest absolute Gasteiger partial charge is 0.508 e. The monoisotopic (exact) mass is 255 g/mol. The third kappa shape index (κ3) is 3.19. The maximum absolute atomic E-state index is 12.1. The number of ketones is 1. The third-order valence-electron chi connectivity index (χ3n) is 2.60. The lowest BCUT2D eigenvalue weighted by Gasteiger charge is -2.04. The van der Waals surface area contributed by atoms with E-state index in [4.69, 9.17) is 0 Å². The zero-order chi connectivity index (χ0) is 13.8. The Bertz CT molecular complexity index is 600. The van der Waals surface area contributed by atoms with Crippen molar-refractivity contribution in [1.29, 1.82) is 0 Å².